The molecule has 1 amide bonds. The summed E-state index contributed by atoms with van der Waals surface area (Å²) in [4.78, 5) is 22.1. The van der Waals surface area contributed by atoms with E-state index >= 15 is 0 Å². The summed E-state index contributed by atoms with van der Waals surface area (Å²) in [5.74, 6) is 1.11. The lowest BCUT2D eigenvalue weighted by molar-refractivity contribution is -0.137. The molecule has 6 nitrogen and oxygen atoms in total. The van der Waals surface area contributed by atoms with Gasteiger partial charge in [-0.05, 0) is 25.5 Å². The number of hydrogen-bond acceptors (Lipinski definition) is 4. The van der Waals surface area contributed by atoms with E-state index in [-0.39, 0.29) is 11.8 Å². The van der Waals surface area contributed by atoms with Crippen LogP contribution in [-0.2, 0) is 17.5 Å². The molecule has 3 rings (SSSR count). The van der Waals surface area contributed by atoms with Gasteiger partial charge < -0.3 is 14.8 Å². The fourth-order valence-electron chi connectivity index (χ4n) is 3.01. The van der Waals surface area contributed by atoms with Crippen LogP contribution in [0.3, 0.4) is 0 Å². The van der Waals surface area contributed by atoms with Gasteiger partial charge in [-0.15, -0.1) is 0 Å². The Morgan fingerprint density at radius 2 is 2.15 bits per heavy atom. The van der Waals surface area contributed by atoms with Gasteiger partial charge in [0.1, 0.15) is 11.6 Å². The molecule has 0 saturated carbocycles. The molecule has 0 aliphatic carbocycles. The van der Waals surface area contributed by atoms with E-state index in [0.717, 1.165) is 18.1 Å². The summed E-state index contributed by atoms with van der Waals surface area (Å²) in [7, 11) is 0. The van der Waals surface area contributed by atoms with Crippen molar-refractivity contribution in [1.29, 1.82) is 0 Å². The van der Waals surface area contributed by atoms with E-state index < -0.39 is 11.7 Å². The quantitative estimate of drug-likeness (QED) is 0.881. The molecule has 2 aromatic rings. The molecule has 1 saturated heterocycles. The van der Waals surface area contributed by atoms with E-state index in [4.69, 9.17) is 0 Å². The zero-order valence-electron chi connectivity index (χ0n) is 14.3. The molecule has 3 heterocycles. The Labute approximate surface area is 149 Å². The zero-order valence-corrected chi connectivity index (χ0v) is 14.3. The van der Waals surface area contributed by atoms with Crippen molar-refractivity contribution < 1.29 is 18.0 Å². The minimum atomic E-state index is -4.40. The van der Waals surface area contributed by atoms with Gasteiger partial charge in [0.25, 0.3) is 0 Å². The molecule has 140 valence electrons. The molecule has 0 radical (unpaired) electrons. The summed E-state index contributed by atoms with van der Waals surface area (Å²) in [6, 6.07) is 2.37. The maximum atomic E-state index is 12.6. The number of anilines is 1. The minimum Gasteiger partial charge on any atom is -0.356 e. The minimum absolute atomic E-state index is 0.0443. The van der Waals surface area contributed by atoms with E-state index in [2.05, 4.69) is 15.3 Å². The van der Waals surface area contributed by atoms with Crippen LogP contribution in [0.25, 0.3) is 0 Å². The molecule has 1 aliphatic rings. The summed E-state index contributed by atoms with van der Waals surface area (Å²) in [5.41, 5.74) is -0.774. The maximum absolute atomic E-state index is 12.6. The first-order valence-corrected chi connectivity index (χ1v) is 8.38. The number of carbonyl (C=O) groups excluding carboxylic acids is 1. The van der Waals surface area contributed by atoms with E-state index in [0.29, 0.717) is 38.4 Å². The van der Waals surface area contributed by atoms with Crippen molar-refractivity contribution in [1.82, 2.24) is 19.9 Å². The van der Waals surface area contributed by atoms with E-state index in [1.165, 1.54) is 6.07 Å². The Morgan fingerprint density at radius 1 is 1.35 bits per heavy atom. The SMILES string of the molecule is Cc1nccn1CCNC(=O)[C@@H]1CCN(c2ccc(C(F)(F)F)cn2)C1. The highest BCUT2D eigenvalue weighted by Crippen LogP contribution is 2.30. The molecule has 26 heavy (non-hydrogen) atoms. The number of aromatic nitrogens is 3. The molecule has 2 aromatic heterocycles. The predicted molar refractivity (Wildman–Crippen MR) is 89.5 cm³/mol. The van der Waals surface area contributed by atoms with Crippen molar-refractivity contribution in [2.75, 3.05) is 24.5 Å². The number of aryl methyl sites for hydroxylation is 1. The average molecular weight is 367 g/mol. The van der Waals surface area contributed by atoms with Crippen molar-refractivity contribution >= 4 is 11.7 Å². The summed E-state index contributed by atoms with van der Waals surface area (Å²) in [5, 5.41) is 2.91. The Bertz CT molecular complexity index is 757. The monoisotopic (exact) mass is 367 g/mol. The molecule has 0 spiro atoms. The molecule has 0 aromatic carbocycles. The molecular formula is C17H20F3N5O. The van der Waals surface area contributed by atoms with Gasteiger partial charge in [-0.25, -0.2) is 9.97 Å². The molecule has 1 fully saturated rings. The number of pyridine rings is 1. The number of hydrogen-bond donors (Lipinski definition) is 1. The van der Waals surface area contributed by atoms with Gasteiger partial charge in [-0.1, -0.05) is 0 Å². The van der Waals surface area contributed by atoms with Crippen LogP contribution in [0.1, 0.15) is 17.8 Å². The molecule has 1 atom stereocenters. The second-order valence-electron chi connectivity index (χ2n) is 6.29. The molecule has 0 unspecified atom stereocenters. The Balaban J connectivity index is 1.50. The fourth-order valence-corrected chi connectivity index (χ4v) is 3.01. The summed E-state index contributed by atoms with van der Waals surface area (Å²) in [6.07, 6.45) is 0.652. The number of nitrogens with zero attached hydrogens (tertiary/aromatic N) is 4. The largest absolute Gasteiger partial charge is 0.417 e. The van der Waals surface area contributed by atoms with Crippen LogP contribution >= 0.6 is 0 Å². The van der Waals surface area contributed by atoms with E-state index in [1.807, 2.05) is 22.6 Å². The standard InChI is InChI=1S/C17H20F3N5O/c1-12-21-5-8-24(12)9-6-22-16(26)13-4-7-25(11-13)15-3-2-14(10-23-15)17(18,19)20/h2-3,5,8,10,13H,4,6-7,9,11H2,1H3,(H,22,26)/t13-/m1/s1. The first-order chi connectivity index (χ1) is 12.3. The normalized spacial score (nSPS) is 17.5. The third kappa shape index (κ3) is 4.14. The van der Waals surface area contributed by atoms with Gasteiger partial charge >= 0.3 is 6.18 Å². The third-order valence-corrected chi connectivity index (χ3v) is 4.53. The van der Waals surface area contributed by atoms with Crippen molar-refractivity contribution in [2.45, 2.75) is 26.1 Å². The van der Waals surface area contributed by atoms with Gasteiger partial charge in [0.05, 0.1) is 11.5 Å². The van der Waals surface area contributed by atoms with Crippen molar-refractivity contribution in [3.05, 3.63) is 42.1 Å². The summed E-state index contributed by atoms with van der Waals surface area (Å²) in [6.45, 7) is 4.10. The lowest BCUT2D eigenvalue weighted by Gasteiger charge is -2.18. The third-order valence-electron chi connectivity index (χ3n) is 4.53. The number of nitrogens with one attached hydrogen (secondary N) is 1. The van der Waals surface area contributed by atoms with Gasteiger partial charge in [0.15, 0.2) is 0 Å². The highest BCUT2D eigenvalue weighted by Gasteiger charge is 2.32. The topological polar surface area (TPSA) is 63.1 Å². The second kappa shape index (κ2) is 7.35. The molecular weight excluding hydrogens is 347 g/mol. The van der Waals surface area contributed by atoms with Crippen molar-refractivity contribution in [3.63, 3.8) is 0 Å². The summed E-state index contributed by atoms with van der Waals surface area (Å²) < 4.78 is 39.7. The second-order valence-corrected chi connectivity index (χ2v) is 6.29. The molecule has 1 aliphatic heterocycles. The number of rotatable bonds is 5. The Hall–Kier alpha value is -2.58. The fraction of sp³-hybridized carbons (Fsp3) is 0.471. The number of imidazole rings is 1. The van der Waals surface area contributed by atoms with Gasteiger partial charge in [-0.3, -0.25) is 4.79 Å². The zero-order chi connectivity index (χ0) is 18.7. The van der Waals surface area contributed by atoms with Crippen LogP contribution in [0.5, 0.6) is 0 Å². The van der Waals surface area contributed by atoms with Crippen LogP contribution in [0.2, 0.25) is 0 Å². The van der Waals surface area contributed by atoms with Crippen LogP contribution in [0.4, 0.5) is 19.0 Å². The van der Waals surface area contributed by atoms with Gasteiger partial charge in [0.2, 0.25) is 5.91 Å². The molecule has 1 N–H and O–H groups in total. The van der Waals surface area contributed by atoms with Crippen LogP contribution in [-0.4, -0.2) is 40.1 Å². The highest BCUT2D eigenvalue weighted by molar-refractivity contribution is 5.80. The average Bonchev–Trinajstić information content (AvgIpc) is 3.24. The van der Waals surface area contributed by atoms with Crippen molar-refractivity contribution in [2.24, 2.45) is 5.92 Å². The van der Waals surface area contributed by atoms with E-state index in [9.17, 15) is 18.0 Å². The highest BCUT2D eigenvalue weighted by atomic mass is 19.4. The van der Waals surface area contributed by atoms with Crippen LogP contribution in [0.15, 0.2) is 30.7 Å². The maximum Gasteiger partial charge on any atom is 0.417 e. The summed E-state index contributed by atoms with van der Waals surface area (Å²) >= 11 is 0. The lowest BCUT2D eigenvalue weighted by atomic mass is 10.1. The van der Waals surface area contributed by atoms with Crippen molar-refractivity contribution in [3.8, 4) is 0 Å². The Kier molecular flexibility index (Phi) is 5.15. The first-order valence-electron chi connectivity index (χ1n) is 8.38. The Morgan fingerprint density at radius 3 is 2.77 bits per heavy atom. The smallest absolute Gasteiger partial charge is 0.356 e. The molecule has 9 heteroatoms. The van der Waals surface area contributed by atoms with Gasteiger partial charge in [-0.2, -0.15) is 13.2 Å². The van der Waals surface area contributed by atoms with E-state index in [1.54, 1.807) is 6.20 Å². The number of amides is 1. The van der Waals surface area contributed by atoms with Crippen LogP contribution < -0.4 is 10.2 Å². The number of halogens is 3. The van der Waals surface area contributed by atoms with Crippen LogP contribution in [0, 0.1) is 12.8 Å². The number of carbonyl (C=O) groups is 1. The number of alkyl halides is 3. The molecule has 0 bridgehead atoms. The van der Waals surface area contributed by atoms with Gasteiger partial charge in [0, 0.05) is 44.8 Å². The predicted octanol–water partition coefficient (Wildman–Crippen LogP) is 2.25. The lowest BCUT2D eigenvalue weighted by Crippen LogP contribution is -2.34. The first kappa shape index (κ1) is 18.2.